The van der Waals surface area contributed by atoms with Crippen LogP contribution < -0.4 is 10.6 Å². The molecule has 64 valence electrons. The van der Waals surface area contributed by atoms with Crippen molar-refractivity contribution < 1.29 is 9.53 Å². The average Bonchev–Trinajstić information content (AvgIpc) is 2.07. The smallest absolute Gasteiger partial charge is 0.154 e. The Bertz CT molecular complexity index is 127. The van der Waals surface area contributed by atoms with E-state index in [4.69, 9.17) is 4.74 Å². The molecule has 1 rings (SSSR count). The molecule has 4 nitrogen and oxygen atoms in total. The molecule has 1 atom stereocenters. The molecule has 1 fully saturated rings. The van der Waals surface area contributed by atoms with Crippen LogP contribution in [0.2, 0.25) is 0 Å². The lowest BCUT2D eigenvalue weighted by Crippen LogP contribution is -2.55. The summed E-state index contributed by atoms with van der Waals surface area (Å²) in [5.41, 5.74) is -0.632. The molecule has 0 aromatic heterocycles. The first-order valence-corrected chi connectivity index (χ1v) is 3.78. The van der Waals surface area contributed by atoms with Crippen molar-refractivity contribution in [2.45, 2.75) is 5.60 Å². The van der Waals surface area contributed by atoms with Crippen LogP contribution in [-0.2, 0) is 9.53 Å². The topological polar surface area (TPSA) is 50.4 Å². The van der Waals surface area contributed by atoms with E-state index < -0.39 is 5.60 Å². The second-order valence-electron chi connectivity index (χ2n) is 2.74. The number of likely N-dealkylation sites (N-methyl/N-ethyl adjacent to an activating group) is 1. The minimum Gasteiger partial charge on any atom is -0.364 e. The number of hydrogen-bond acceptors (Lipinski definition) is 4. The number of carbonyl (C=O) groups excluding carboxylic acids is 1. The first-order valence-electron chi connectivity index (χ1n) is 3.78. The third-order valence-corrected chi connectivity index (χ3v) is 1.78. The van der Waals surface area contributed by atoms with Crippen LogP contribution in [0.25, 0.3) is 0 Å². The summed E-state index contributed by atoms with van der Waals surface area (Å²) in [5, 5.41) is 6.05. The Labute approximate surface area is 66.3 Å². The van der Waals surface area contributed by atoms with Gasteiger partial charge in [0, 0.05) is 19.6 Å². The molecule has 0 unspecified atom stereocenters. The number of hydrogen-bond donors (Lipinski definition) is 2. The molecule has 0 saturated carbocycles. The summed E-state index contributed by atoms with van der Waals surface area (Å²) in [6.07, 6.45) is 0.871. The first kappa shape index (κ1) is 8.64. The van der Waals surface area contributed by atoms with Gasteiger partial charge in [-0.3, -0.25) is 0 Å². The highest BCUT2D eigenvalue weighted by Gasteiger charge is 2.31. The second kappa shape index (κ2) is 3.80. The Morgan fingerprint density at radius 2 is 2.64 bits per heavy atom. The summed E-state index contributed by atoms with van der Waals surface area (Å²) in [6, 6.07) is 0. The maximum atomic E-state index is 10.7. The molecule has 0 aromatic rings. The lowest BCUT2D eigenvalue weighted by Gasteiger charge is -2.32. The Morgan fingerprint density at radius 1 is 1.82 bits per heavy atom. The van der Waals surface area contributed by atoms with E-state index in [0.29, 0.717) is 19.7 Å². The molecule has 1 heterocycles. The fourth-order valence-electron chi connectivity index (χ4n) is 1.21. The molecule has 4 heteroatoms. The van der Waals surface area contributed by atoms with Crippen molar-refractivity contribution >= 4 is 6.29 Å². The molecular weight excluding hydrogens is 144 g/mol. The van der Waals surface area contributed by atoms with Gasteiger partial charge in [0.2, 0.25) is 0 Å². The SMILES string of the molecule is CNC[C@]1(C=O)CNCCO1. The summed E-state index contributed by atoms with van der Waals surface area (Å²) in [4.78, 5) is 10.7. The maximum absolute atomic E-state index is 10.7. The van der Waals surface area contributed by atoms with Gasteiger partial charge in [-0.1, -0.05) is 0 Å². The number of aldehydes is 1. The molecule has 1 aliphatic rings. The molecule has 0 aliphatic carbocycles. The van der Waals surface area contributed by atoms with Crippen molar-refractivity contribution in [3.05, 3.63) is 0 Å². The lowest BCUT2D eigenvalue weighted by atomic mass is 10.1. The van der Waals surface area contributed by atoms with E-state index in [0.717, 1.165) is 12.8 Å². The third-order valence-electron chi connectivity index (χ3n) is 1.78. The maximum Gasteiger partial charge on any atom is 0.154 e. The van der Waals surface area contributed by atoms with Gasteiger partial charge >= 0.3 is 0 Å². The van der Waals surface area contributed by atoms with E-state index in [2.05, 4.69) is 10.6 Å². The van der Waals surface area contributed by atoms with Gasteiger partial charge in [0.15, 0.2) is 6.29 Å². The Balaban J connectivity index is 2.49. The molecule has 0 bridgehead atoms. The predicted octanol–water partition coefficient (Wildman–Crippen LogP) is -1.24. The van der Waals surface area contributed by atoms with Crippen LogP contribution in [0.4, 0.5) is 0 Å². The van der Waals surface area contributed by atoms with Gasteiger partial charge in [0.25, 0.3) is 0 Å². The third kappa shape index (κ3) is 1.99. The van der Waals surface area contributed by atoms with Crippen LogP contribution in [0, 0.1) is 0 Å². The van der Waals surface area contributed by atoms with E-state index in [1.807, 2.05) is 7.05 Å². The number of carbonyl (C=O) groups is 1. The highest BCUT2D eigenvalue weighted by Crippen LogP contribution is 2.08. The zero-order valence-electron chi connectivity index (χ0n) is 6.72. The van der Waals surface area contributed by atoms with Crippen molar-refractivity contribution in [2.75, 3.05) is 33.3 Å². The van der Waals surface area contributed by atoms with Gasteiger partial charge in [0.1, 0.15) is 5.60 Å². The van der Waals surface area contributed by atoms with Gasteiger partial charge in [-0.2, -0.15) is 0 Å². The van der Waals surface area contributed by atoms with Crippen molar-refractivity contribution in [3.63, 3.8) is 0 Å². The van der Waals surface area contributed by atoms with Crippen molar-refractivity contribution in [1.29, 1.82) is 0 Å². The van der Waals surface area contributed by atoms with E-state index in [9.17, 15) is 4.79 Å². The van der Waals surface area contributed by atoms with Gasteiger partial charge in [-0.15, -0.1) is 0 Å². The minimum absolute atomic E-state index is 0.573. The largest absolute Gasteiger partial charge is 0.364 e. The number of rotatable bonds is 3. The summed E-state index contributed by atoms with van der Waals surface area (Å²) in [5.74, 6) is 0. The summed E-state index contributed by atoms with van der Waals surface area (Å²) in [6.45, 7) is 2.63. The Hall–Kier alpha value is -0.450. The van der Waals surface area contributed by atoms with Crippen molar-refractivity contribution in [3.8, 4) is 0 Å². The molecule has 11 heavy (non-hydrogen) atoms. The molecule has 0 radical (unpaired) electrons. The van der Waals surface area contributed by atoms with Gasteiger partial charge in [0.05, 0.1) is 6.61 Å². The van der Waals surface area contributed by atoms with E-state index in [1.54, 1.807) is 0 Å². The molecular formula is C7H14N2O2. The highest BCUT2D eigenvalue weighted by atomic mass is 16.5. The van der Waals surface area contributed by atoms with E-state index in [-0.39, 0.29) is 0 Å². The summed E-state index contributed by atoms with van der Waals surface area (Å²) >= 11 is 0. The predicted molar refractivity (Wildman–Crippen MR) is 41.5 cm³/mol. The van der Waals surface area contributed by atoms with Crippen LogP contribution >= 0.6 is 0 Å². The van der Waals surface area contributed by atoms with Crippen LogP contribution in [-0.4, -0.2) is 45.2 Å². The van der Waals surface area contributed by atoms with Crippen molar-refractivity contribution in [1.82, 2.24) is 10.6 Å². The normalized spacial score (nSPS) is 31.7. The molecule has 0 aromatic carbocycles. The number of ether oxygens (including phenoxy) is 1. The first-order chi connectivity index (χ1) is 5.33. The standard InChI is InChI=1S/C7H14N2O2/c1-8-4-7(6-10)5-9-2-3-11-7/h6,8-9H,2-5H2,1H3/t7-/m1/s1. The van der Waals surface area contributed by atoms with Crippen molar-refractivity contribution in [2.24, 2.45) is 0 Å². The number of morpholine rings is 1. The monoisotopic (exact) mass is 158 g/mol. The minimum atomic E-state index is -0.632. The molecule has 1 saturated heterocycles. The van der Waals surface area contributed by atoms with Gasteiger partial charge < -0.3 is 20.2 Å². The zero-order chi connectivity index (χ0) is 8.16. The lowest BCUT2D eigenvalue weighted by molar-refractivity contribution is -0.133. The van der Waals surface area contributed by atoms with E-state index in [1.165, 1.54) is 0 Å². The second-order valence-corrected chi connectivity index (χ2v) is 2.74. The fraction of sp³-hybridized carbons (Fsp3) is 0.857. The highest BCUT2D eigenvalue weighted by molar-refractivity contribution is 5.63. The Kier molecular flexibility index (Phi) is 2.99. The van der Waals surface area contributed by atoms with Crippen LogP contribution in [0.1, 0.15) is 0 Å². The van der Waals surface area contributed by atoms with Gasteiger partial charge in [-0.25, -0.2) is 0 Å². The summed E-state index contributed by atoms with van der Waals surface area (Å²) in [7, 11) is 1.81. The number of nitrogens with one attached hydrogen (secondary N) is 2. The molecule has 1 aliphatic heterocycles. The van der Waals surface area contributed by atoms with Crippen LogP contribution in [0.5, 0.6) is 0 Å². The Morgan fingerprint density at radius 3 is 3.09 bits per heavy atom. The average molecular weight is 158 g/mol. The van der Waals surface area contributed by atoms with Crippen LogP contribution in [0.3, 0.4) is 0 Å². The van der Waals surface area contributed by atoms with Crippen LogP contribution in [0.15, 0.2) is 0 Å². The van der Waals surface area contributed by atoms with E-state index >= 15 is 0 Å². The summed E-state index contributed by atoms with van der Waals surface area (Å²) < 4.78 is 5.36. The fourth-order valence-corrected chi connectivity index (χ4v) is 1.21. The quantitative estimate of drug-likeness (QED) is 0.505. The molecule has 2 N–H and O–H groups in total. The zero-order valence-corrected chi connectivity index (χ0v) is 6.72. The van der Waals surface area contributed by atoms with Gasteiger partial charge in [-0.05, 0) is 7.05 Å². The molecule has 0 spiro atoms. The molecule has 0 amide bonds.